The van der Waals surface area contributed by atoms with Gasteiger partial charge in [0, 0.05) is 5.41 Å². The molecule has 4 fully saturated rings. The lowest BCUT2D eigenvalue weighted by molar-refractivity contribution is 0.195. The van der Waals surface area contributed by atoms with Crippen LogP contribution in [0.15, 0.2) is 53.6 Å². The molecular formula is C26H32. The number of hydrogen-bond acceptors (Lipinski definition) is 0. The Morgan fingerprint density at radius 2 is 1.77 bits per heavy atom. The van der Waals surface area contributed by atoms with Crippen molar-refractivity contribution in [2.24, 2.45) is 34.5 Å². The van der Waals surface area contributed by atoms with Gasteiger partial charge in [0.15, 0.2) is 0 Å². The molecule has 6 atom stereocenters. The molecular weight excluding hydrogens is 312 g/mol. The molecule has 136 valence electrons. The zero-order chi connectivity index (χ0) is 17.4. The van der Waals surface area contributed by atoms with Gasteiger partial charge in [0.25, 0.3) is 0 Å². The average molecular weight is 345 g/mol. The molecule has 0 heterocycles. The van der Waals surface area contributed by atoms with Gasteiger partial charge in [-0.3, -0.25) is 0 Å². The Labute approximate surface area is 158 Å². The van der Waals surface area contributed by atoms with E-state index in [2.05, 4.69) is 49.4 Å². The lowest BCUT2D eigenvalue weighted by Crippen LogP contribution is -2.21. The van der Waals surface area contributed by atoms with Crippen molar-refractivity contribution in [2.45, 2.75) is 64.7 Å². The molecule has 0 aliphatic heterocycles. The molecule has 1 aromatic carbocycles. The minimum atomic E-state index is 0.572. The van der Waals surface area contributed by atoms with Gasteiger partial charge in [-0.1, -0.05) is 68.7 Å². The summed E-state index contributed by atoms with van der Waals surface area (Å²) in [4.78, 5) is 0. The lowest BCUT2D eigenvalue weighted by atomic mass is 9.74. The van der Waals surface area contributed by atoms with E-state index in [4.69, 9.17) is 0 Å². The molecule has 6 unspecified atom stereocenters. The molecule has 0 amide bonds. The summed E-state index contributed by atoms with van der Waals surface area (Å²) < 4.78 is 0. The van der Waals surface area contributed by atoms with Crippen LogP contribution in [-0.2, 0) is 6.42 Å². The van der Waals surface area contributed by atoms with Gasteiger partial charge in [0.2, 0.25) is 0 Å². The van der Waals surface area contributed by atoms with Crippen LogP contribution in [0.3, 0.4) is 0 Å². The molecule has 4 saturated carbocycles. The first-order valence-electron chi connectivity index (χ1n) is 11.2. The molecule has 26 heavy (non-hydrogen) atoms. The second-order valence-corrected chi connectivity index (χ2v) is 10.4. The first-order valence-corrected chi connectivity index (χ1v) is 11.2. The zero-order valence-electron chi connectivity index (χ0n) is 16.2. The van der Waals surface area contributed by atoms with Crippen molar-refractivity contribution in [3.63, 3.8) is 0 Å². The van der Waals surface area contributed by atoms with Crippen LogP contribution < -0.4 is 0 Å². The summed E-state index contributed by atoms with van der Waals surface area (Å²) in [5.74, 6) is 3.85. The Morgan fingerprint density at radius 3 is 2.62 bits per heavy atom. The maximum Gasteiger partial charge on any atom is 0.00177 e. The van der Waals surface area contributed by atoms with Crippen LogP contribution >= 0.6 is 0 Å². The van der Waals surface area contributed by atoms with Gasteiger partial charge in [0.05, 0.1) is 0 Å². The molecule has 0 spiro atoms. The Balaban J connectivity index is 1.29. The third kappa shape index (κ3) is 2.14. The van der Waals surface area contributed by atoms with E-state index < -0.39 is 0 Å². The highest BCUT2D eigenvalue weighted by molar-refractivity contribution is 5.51. The molecule has 5 aliphatic carbocycles. The maximum absolute atomic E-state index is 2.77. The number of hydrogen-bond donors (Lipinski definition) is 0. The fourth-order valence-corrected chi connectivity index (χ4v) is 7.52. The van der Waals surface area contributed by atoms with Crippen LogP contribution in [0.1, 0.15) is 63.9 Å². The van der Waals surface area contributed by atoms with Gasteiger partial charge < -0.3 is 0 Å². The first-order chi connectivity index (χ1) is 12.7. The Bertz CT molecular complexity index is 784. The largest absolute Gasteiger partial charge is 0.0773 e. The molecule has 0 radical (unpaired) electrons. The molecule has 0 saturated heterocycles. The summed E-state index contributed by atoms with van der Waals surface area (Å²) in [6.45, 7) is 2.66. The van der Waals surface area contributed by atoms with Gasteiger partial charge in [-0.2, -0.15) is 0 Å². The highest BCUT2D eigenvalue weighted by atomic mass is 14.8. The smallest absolute Gasteiger partial charge is 0.00177 e. The van der Waals surface area contributed by atoms with E-state index in [1.807, 2.05) is 5.57 Å². The molecule has 0 nitrogen and oxygen atoms in total. The first kappa shape index (κ1) is 15.7. The van der Waals surface area contributed by atoms with E-state index >= 15 is 0 Å². The molecule has 1 aromatic rings. The minimum Gasteiger partial charge on any atom is -0.0773 e. The van der Waals surface area contributed by atoms with Crippen molar-refractivity contribution in [3.05, 3.63) is 59.2 Å². The second kappa shape index (κ2) is 5.37. The van der Waals surface area contributed by atoms with E-state index in [0.717, 1.165) is 23.7 Å². The molecule has 0 N–H and O–H groups in total. The predicted molar refractivity (Wildman–Crippen MR) is 108 cm³/mol. The lowest BCUT2D eigenvalue weighted by Gasteiger charge is -2.30. The van der Waals surface area contributed by atoms with Crippen LogP contribution in [-0.4, -0.2) is 0 Å². The van der Waals surface area contributed by atoms with Gasteiger partial charge in [-0.25, -0.2) is 0 Å². The summed E-state index contributed by atoms with van der Waals surface area (Å²) in [5, 5.41) is 0. The van der Waals surface area contributed by atoms with E-state index in [1.165, 1.54) is 63.4 Å². The van der Waals surface area contributed by atoms with Gasteiger partial charge in [0.1, 0.15) is 0 Å². The van der Waals surface area contributed by atoms with Crippen molar-refractivity contribution in [1.82, 2.24) is 0 Å². The van der Waals surface area contributed by atoms with Crippen LogP contribution in [0.5, 0.6) is 0 Å². The number of rotatable bonds is 4. The van der Waals surface area contributed by atoms with Crippen LogP contribution in [0.2, 0.25) is 0 Å². The summed E-state index contributed by atoms with van der Waals surface area (Å²) in [5.41, 5.74) is 6.29. The van der Waals surface area contributed by atoms with Crippen LogP contribution in [0.4, 0.5) is 0 Å². The average Bonchev–Trinajstić information content (AvgIpc) is 3.54. The molecule has 5 aliphatic rings. The quantitative estimate of drug-likeness (QED) is 0.568. The topological polar surface area (TPSA) is 0 Å². The molecule has 0 aromatic heterocycles. The van der Waals surface area contributed by atoms with Crippen molar-refractivity contribution >= 4 is 0 Å². The van der Waals surface area contributed by atoms with Gasteiger partial charge >= 0.3 is 0 Å². The standard InChI is InChI=1S/C26H32/c1-25-17-26(25,16-20-9-5-6-10-23(20)25)24-15-22-14-21(22)13-19(24)12-11-18-7-3-2-4-8-18/h2-4,7-8,13,15,20-23H,5-6,9-12,14,16-17H2,1H3. The number of benzene rings is 1. The van der Waals surface area contributed by atoms with Gasteiger partial charge in [-0.05, 0) is 84.3 Å². The third-order valence-corrected chi connectivity index (χ3v) is 9.05. The predicted octanol–water partition coefficient (Wildman–Crippen LogP) is 6.73. The van der Waals surface area contributed by atoms with E-state index in [1.54, 1.807) is 5.57 Å². The fraction of sp³-hybridized carbons (Fsp3) is 0.615. The highest BCUT2D eigenvalue weighted by Gasteiger charge is 2.75. The molecule has 0 heteroatoms. The van der Waals surface area contributed by atoms with E-state index in [-0.39, 0.29) is 0 Å². The Morgan fingerprint density at radius 1 is 0.962 bits per heavy atom. The number of fused-ring (bicyclic) bond motifs is 4. The zero-order valence-corrected chi connectivity index (χ0v) is 16.2. The van der Waals surface area contributed by atoms with Crippen molar-refractivity contribution in [1.29, 1.82) is 0 Å². The Kier molecular flexibility index (Phi) is 3.25. The van der Waals surface area contributed by atoms with Crippen LogP contribution in [0, 0.1) is 34.5 Å². The highest BCUT2D eigenvalue weighted by Crippen LogP contribution is 2.83. The fourth-order valence-electron chi connectivity index (χ4n) is 7.52. The van der Waals surface area contributed by atoms with E-state index in [9.17, 15) is 0 Å². The normalized spacial score (nSPS) is 45.1. The number of aryl methyl sites for hydroxylation is 1. The van der Waals surface area contributed by atoms with Crippen molar-refractivity contribution in [2.75, 3.05) is 0 Å². The minimum absolute atomic E-state index is 0.572. The SMILES string of the molecule is CC12CC1(C1=CC3CC3C=C1CCc1ccccc1)CC1CCCCC12. The monoisotopic (exact) mass is 344 g/mol. The molecule has 0 bridgehead atoms. The third-order valence-electron chi connectivity index (χ3n) is 9.05. The van der Waals surface area contributed by atoms with E-state index in [0.29, 0.717) is 10.8 Å². The second-order valence-electron chi connectivity index (χ2n) is 10.4. The summed E-state index contributed by atoms with van der Waals surface area (Å²) >= 11 is 0. The maximum atomic E-state index is 2.77. The van der Waals surface area contributed by atoms with Gasteiger partial charge in [-0.15, -0.1) is 0 Å². The summed E-state index contributed by atoms with van der Waals surface area (Å²) in [6.07, 6.45) is 18.4. The number of allylic oxidation sites excluding steroid dienone is 4. The van der Waals surface area contributed by atoms with Crippen molar-refractivity contribution in [3.8, 4) is 0 Å². The molecule has 6 rings (SSSR count). The Hall–Kier alpha value is -1.30. The van der Waals surface area contributed by atoms with Crippen molar-refractivity contribution < 1.29 is 0 Å². The summed E-state index contributed by atoms with van der Waals surface area (Å²) in [6, 6.07) is 11.1. The van der Waals surface area contributed by atoms with Crippen LogP contribution in [0.25, 0.3) is 0 Å². The summed E-state index contributed by atoms with van der Waals surface area (Å²) in [7, 11) is 0.